The Balaban J connectivity index is 1.37. The number of thiophene rings is 1. The Morgan fingerprint density at radius 3 is 2.37 bits per heavy atom. The highest BCUT2D eigenvalue weighted by Crippen LogP contribution is 2.48. The van der Waals surface area contributed by atoms with E-state index in [4.69, 9.17) is 23.2 Å². The van der Waals surface area contributed by atoms with Crippen molar-refractivity contribution in [2.24, 2.45) is 0 Å². The Morgan fingerprint density at radius 2 is 1.77 bits per heavy atom. The van der Waals surface area contributed by atoms with Gasteiger partial charge in [-0.15, -0.1) is 11.3 Å². The minimum atomic E-state index is -0.462. The summed E-state index contributed by atoms with van der Waals surface area (Å²) in [7, 11) is 4.16. The van der Waals surface area contributed by atoms with Crippen molar-refractivity contribution in [3.8, 4) is 0 Å². The number of imide groups is 1. The normalized spacial score (nSPS) is 16.1. The molecule has 3 aromatic rings. The van der Waals surface area contributed by atoms with E-state index in [1.807, 2.05) is 12.1 Å². The molecule has 9 heteroatoms. The molecule has 3 amide bonds. The summed E-state index contributed by atoms with van der Waals surface area (Å²) in [5, 5.41) is 2.98. The van der Waals surface area contributed by atoms with Gasteiger partial charge in [0.05, 0.1) is 32.6 Å². The number of fused-ring (bicyclic) bond motifs is 1. The average Bonchev–Trinajstić information content (AvgIpc) is 3.38. The highest BCUT2D eigenvalue weighted by atomic mass is 35.5. The van der Waals surface area contributed by atoms with E-state index in [1.165, 1.54) is 22.6 Å². The van der Waals surface area contributed by atoms with Crippen molar-refractivity contribution in [3.05, 3.63) is 85.0 Å². The van der Waals surface area contributed by atoms with Crippen LogP contribution in [0.3, 0.4) is 0 Å². The Kier molecular flexibility index (Phi) is 6.21. The number of anilines is 1. The molecule has 0 radical (unpaired) electrons. The second-order valence-corrected chi connectivity index (χ2v) is 11.5. The predicted molar refractivity (Wildman–Crippen MR) is 139 cm³/mol. The molecular formula is C26H23Cl2N3O3S. The maximum absolute atomic E-state index is 13.3. The lowest BCUT2D eigenvalue weighted by atomic mass is 9.94. The fourth-order valence-corrected chi connectivity index (χ4v) is 5.84. The Morgan fingerprint density at radius 1 is 1.06 bits per heavy atom. The lowest BCUT2D eigenvalue weighted by Crippen LogP contribution is -2.29. The molecule has 1 aliphatic heterocycles. The number of amides is 3. The van der Waals surface area contributed by atoms with Gasteiger partial charge in [0.25, 0.3) is 17.7 Å². The van der Waals surface area contributed by atoms with E-state index in [9.17, 15) is 14.4 Å². The van der Waals surface area contributed by atoms with Crippen molar-refractivity contribution < 1.29 is 14.4 Å². The Bertz CT molecular complexity index is 1350. The van der Waals surface area contributed by atoms with Gasteiger partial charge in [-0.2, -0.15) is 0 Å². The first-order valence-corrected chi connectivity index (χ1v) is 12.7. The molecule has 1 aliphatic carbocycles. The third-order valence-corrected chi connectivity index (χ3v) is 7.91. The van der Waals surface area contributed by atoms with Gasteiger partial charge in [-0.3, -0.25) is 19.3 Å². The molecule has 0 unspecified atom stereocenters. The topological polar surface area (TPSA) is 69.7 Å². The van der Waals surface area contributed by atoms with Crippen LogP contribution in [0.4, 0.5) is 5.69 Å². The van der Waals surface area contributed by atoms with E-state index < -0.39 is 17.7 Å². The monoisotopic (exact) mass is 527 g/mol. The summed E-state index contributed by atoms with van der Waals surface area (Å²) in [5.74, 6) is -1.32. The number of likely N-dealkylation sites (N-methyl/N-ethyl adjacent to an activating group) is 1. The van der Waals surface area contributed by atoms with Gasteiger partial charge in [0.1, 0.15) is 0 Å². The highest BCUT2D eigenvalue weighted by molar-refractivity contribution is 7.18. The number of hydrogen-bond acceptors (Lipinski definition) is 5. The first kappa shape index (κ1) is 24.0. The van der Waals surface area contributed by atoms with Crippen LogP contribution in [0, 0.1) is 0 Å². The molecule has 0 spiro atoms. The van der Waals surface area contributed by atoms with E-state index in [0.29, 0.717) is 9.21 Å². The maximum atomic E-state index is 13.3. The van der Waals surface area contributed by atoms with Crippen LogP contribution in [-0.4, -0.2) is 48.2 Å². The van der Waals surface area contributed by atoms with E-state index in [0.717, 1.165) is 36.3 Å². The van der Waals surface area contributed by atoms with E-state index in [2.05, 4.69) is 36.4 Å². The van der Waals surface area contributed by atoms with Gasteiger partial charge in [-0.1, -0.05) is 47.5 Å². The molecular weight excluding hydrogens is 505 g/mol. The van der Waals surface area contributed by atoms with Crippen molar-refractivity contribution in [1.29, 1.82) is 0 Å². The lowest BCUT2D eigenvalue weighted by molar-refractivity contribution is 0.0642. The second kappa shape index (κ2) is 9.06. The van der Waals surface area contributed by atoms with Gasteiger partial charge in [0.2, 0.25) is 0 Å². The van der Waals surface area contributed by atoms with Crippen molar-refractivity contribution in [2.45, 2.75) is 24.8 Å². The number of carbonyl (C=O) groups is 3. The molecule has 1 N–H and O–H groups in total. The van der Waals surface area contributed by atoms with Crippen LogP contribution < -0.4 is 5.32 Å². The first-order chi connectivity index (χ1) is 16.7. The van der Waals surface area contributed by atoms with Crippen LogP contribution >= 0.6 is 34.5 Å². The van der Waals surface area contributed by atoms with Crippen molar-refractivity contribution in [2.75, 3.05) is 26.0 Å². The minimum Gasteiger partial charge on any atom is -0.320 e. The Hall–Kier alpha value is -2.71. The highest BCUT2D eigenvalue weighted by Gasteiger charge is 2.44. The summed E-state index contributed by atoms with van der Waals surface area (Å²) in [6.07, 6.45) is 2.33. The number of halogens is 2. The fourth-order valence-electron chi connectivity index (χ4n) is 4.68. The fraction of sp³-hybridized carbons (Fsp3) is 0.269. The molecule has 1 aromatic heterocycles. The van der Waals surface area contributed by atoms with Gasteiger partial charge >= 0.3 is 0 Å². The third kappa shape index (κ3) is 4.61. The first-order valence-electron chi connectivity index (χ1n) is 11.2. The zero-order valence-electron chi connectivity index (χ0n) is 19.2. The molecule has 6 nitrogen and oxygen atoms in total. The van der Waals surface area contributed by atoms with Crippen LogP contribution in [-0.2, 0) is 12.0 Å². The summed E-state index contributed by atoms with van der Waals surface area (Å²) in [6.45, 7) is 1.14. The molecule has 180 valence electrons. The van der Waals surface area contributed by atoms with E-state index in [-0.39, 0.29) is 33.8 Å². The number of carbonyl (C=O) groups excluding carboxylic acids is 3. The standard InChI is InChI=1S/C26H23Cl2N3O3S/c1-30(2)14-26(9-10-26)16-5-3-15(4-6-16)13-31-24(33)18-11-17(27)12-19(22(18)25(31)34)29-23(32)20-7-8-21(28)35-20/h3-8,11-12H,9-10,13-14H2,1-2H3,(H,29,32). The Labute approximate surface area is 217 Å². The summed E-state index contributed by atoms with van der Waals surface area (Å²) >= 11 is 13.3. The number of nitrogens with zero attached hydrogens (tertiary/aromatic N) is 2. The maximum Gasteiger partial charge on any atom is 0.265 e. The number of benzene rings is 2. The summed E-state index contributed by atoms with van der Waals surface area (Å²) < 4.78 is 0.476. The summed E-state index contributed by atoms with van der Waals surface area (Å²) in [5.41, 5.74) is 2.87. The zero-order chi connectivity index (χ0) is 24.9. The minimum absolute atomic E-state index is 0.138. The van der Waals surface area contributed by atoms with Crippen LogP contribution in [0.25, 0.3) is 0 Å². The molecule has 2 aromatic carbocycles. The lowest BCUT2D eigenvalue weighted by Gasteiger charge is -2.21. The number of rotatable bonds is 7. The molecule has 35 heavy (non-hydrogen) atoms. The SMILES string of the molecule is CN(C)CC1(c2ccc(CN3C(=O)c4cc(Cl)cc(NC(=O)c5ccc(Cl)s5)c4C3=O)cc2)CC1. The molecule has 5 rings (SSSR count). The van der Waals surface area contributed by atoms with Crippen molar-refractivity contribution in [3.63, 3.8) is 0 Å². The van der Waals surface area contributed by atoms with Crippen LogP contribution in [0.2, 0.25) is 9.36 Å². The average molecular weight is 528 g/mol. The van der Waals surface area contributed by atoms with Gasteiger partial charge in [-0.25, -0.2) is 0 Å². The smallest absolute Gasteiger partial charge is 0.265 e. The predicted octanol–water partition coefficient (Wildman–Crippen LogP) is 5.70. The summed E-state index contributed by atoms with van der Waals surface area (Å²) in [4.78, 5) is 42.9. The van der Waals surface area contributed by atoms with Gasteiger partial charge in [0.15, 0.2) is 0 Å². The van der Waals surface area contributed by atoms with Crippen LogP contribution in [0.1, 0.15) is 54.4 Å². The van der Waals surface area contributed by atoms with Gasteiger partial charge in [-0.05, 0) is 62.3 Å². The van der Waals surface area contributed by atoms with Gasteiger partial charge < -0.3 is 10.2 Å². The van der Waals surface area contributed by atoms with Gasteiger partial charge in [0, 0.05) is 17.0 Å². The zero-order valence-corrected chi connectivity index (χ0v) is 21.6. The van der Waals surface area contributed by atoms with Crippen molar-refractivity contribution >= 4 is 57.9 Å². The molecule has 1 fully saturated rings. The molecule has 0 atom stereocenters. The van der Waals surface area contributed by atoms with E-state index >= 15 is 0 Å². The van der Waals surface area contributed by atoms with Crippen LogP contribution in [0.5, 0.6) is 0 Å². The van der Waals surface area contributed by atoms with E-state index in [1.54, 1.807) is 12.1 Å². The molecule has 2 heterocycles. The molecule has 0 bridgehead atoms. The summed E-state index contributed by atoms with van der Waals surface area (Å²) in [6, 6.07) is 14.3. The number of hydrogen-bond donors (Lipinski definition) is 1. The second-order valence-electron chi connectivity index (χ2n) is 9.35. The molecule has 0 saturated heterocycles. The quantitative estimate of drug-likeness (QED) is 0.400. The van der Waals surface area contributed by atoms with Crippen molar-refractivity contribution in [1.82, 2.24) is 9.80 Å². The molecule has 2 aliphatic rings. The largest absolute Gasteiger partial charge is 0.320 e. The number of nitrogens with one attached hydrogen (secondary N) is 1. The van der Waals surface area contributed by atoms with Crippen LogP contribution in [0.15, 0.2) is 48.5 Å². The molecule has 1 saturated carbocycles. The third-order valence-electron chi connectivity index (χ3n) is 6.46.